The Hall–Kier alpha value is -0.640. The van der Waals surface area contributed by atoms with E-state index < -0.39 is 11.7 Å². The number of methoxy groups -OCH3 is 1. The van der Waals surface area contributed by atoms with Crippen LogP contribution in [0.2, 0.25) is 5.02 Å². The maximum Gasteiger partial charge on any atom is 0.126 e. The number of aliphatic hydroxyl groups is 1. The monoisotopic (exact) mass is 314 g/mol. The van der Waals surface area contributed by atoms with Gasteiger partial charge in [0.25, 0.3) is 0 Å². The zero-order valence-electron chi connectivity index (χ0n) is 13.0. The van der Waals surface area contributed by atoms with Crippen LogP contribution in [0.1, 0.15) is 45.1 Å². The number of aliphatic hydroxyl groups excluding tert-OH is 1. The highest BCUT2D eigenvalue weighted by Crippen LogP contribution is 2.44. The van der Waals surface area contributed by atoms with E-state index in [0.29, 0.717) is 10.6 Å². The number of ether oxygens (including phenoxy) is 1. The fourth-order valence-corrected chi connectivity index (χ4v) is 3.31. The first kappa shape index (κ1) is 16.7. The van der Waals surface area contributed by atoms with Crippen LogP contribution < -0.4 is 0 Å². The Morgan fingerprint density at radius 2 is 1.90 bits per heavy atom. The van der Waals surface area contributed by atoms with Crippen molar-refractivity contribution in [1.29, 1.82) is 0 Å². The van der Waals surface area contributed by atoms with Gasteiger partial charge in [-0.1, -0.05) is 25.4 Å². The number of hydrogen-bond acceptors (Lipinski definition) is 2. The van der Waals surface area contributed by atoms with Crippen molar-refractivity contribution in [3.05, 3.63) is 34.6 Å². The van der Waals surface area contributed by atoms with Crippen molar-refractivity contribution in [2.75, 3.05) is 7.11 Å². The molecule has 21 heavy (non-hydrogen) atoms. The predicted octanol–water partition coefficient (Wildman–Crippen LogP) is 4.37. The van der Waals surface area contributed by atoms with Crippen LogP contribution in [0.3, 0.4) is 0 Å². The van der Waals surface area contributed by atoms with Gasteiger partial charge in [-0.25, -0.2) is 4.39 Å². The summed E-state index contributed by atoms with van der Waals surface area (Å²) in [6.45, 7) is 4.46. The molecule has 2 rings (SSSR count). The zero-order valence-corrected chi connectivity index (χ0v) is 13.7. The summed E-state index contributed by atoms with van der Waals surface area (Å²) in [7, 11) is 1.63. The molecular formula is C17H24ClFO2. The smallest absolute Gasteiger partial charge is 0.126 e. The normalized spacial score (nSPS) is 22.0. The summed E-state index contributed by atoms with van der Waals surface area (Å²) in [5.74, 6) is -0.333. The summed E-state index contributed by atoms with van der Waals surface area (Å²) in [5.41, 5.74) is 0.143. The minimum atomic E-state index is -0.730. The van der Waals surface area contributed by atoms with Gasteiger partial charge in [0.05, 0.1) is 11.7 Å². The van der Waals surface area contributed by atoms with Crippen LogP contribution >= 0.6 is 11.6 Å². The van der Waals surface area contributed by atoms with Crippen molar-refractivity contribution >= 4 is 11.6 Å². The van der Waals surface area contributed by atoms with Crippen LogP contribution in [0.25, 0.3) is 0 Å². The molecule has 2 nitrogen and oxygen atoms in total. The Morgan fingerprint density at radius 3 is 2.48 bits per heavy atom. The molecule has 4 heteroatoms. The van der Waals surface area contributed by atoms with Gasteiger partial charge in [0.1, 0.15) is 5.82 Å². The molecule has 1 unspecified atom stereocenters. The molecule has 0 aromatic heterocycles. The molecule has 1 aromatic rings. The summed E-state index contributed by atoms with van der Waals surface area (Å²) >= 11 is 5.91. The van der Waals surface area contributed by atoms with E-state index in [9.17, 15) is 9.50 Å². The largest absolute Gasteiger partial charge is 0.390 e. The lowest BCUT2D eigenvalue weighted by molar-refractivity contribution is -0.135. The third-order valence-electron chi connectivity index (χ3n) is 4.88. The Balaban J connectivity index is 2.14. The van der Waals surface area contributed by atoms with Crippen molar-refractivity contribution < 1.29 is 14.2 Å². The van der Waals surface area contributed by atoms with Gasteiger partial charge in [-0.2, -0.15) is 0 Å². The van der Waals surface area contributed by atoms with Gasteiger partial charge in [-0.05, 0) is 54.9 Å². The average molecular weight is 315 g/mol. The Morgan fingerprint density at radius 1 is 1.29 bits per heavy atom. The van der Waals surface area contributed by atoms with Crippen molar-refractivity contribution in [2.24, 2.45) is 5.41 Å². The molecule has 1 atom stereocenters. The molecule has 0 aliphatic heterocycles. The lowest BCUT2D eigenvalue weighted by Gasteiger charge is -2.45. The van der Waals surface area contributed by atoms with Crippen molar-refractivity contribution in [2.45, 2.75) is 57.7 Å². The summed E-state index contributed by atoms with van der Waals surface area (Å²) in [4.78, 5) is 0. The zero-order chi connectivity index (χ0) is 15.7. The molecule has 1 aliphatic rings. The molecule has 0 heterocycles. The van der Waals surface area contributed by atoms with Crippen LogP contribution in [0.4, 0.5) is 4.39 Å². The first-order valence-corrected chi connectivity index (χ1v) is 7.83. The topological polar surface area (TPSA) is 29.5 Å². The second-order valence-electron chi connectivity index (χ2n) is 6.89. The maximum absolute atomic E-state index is 13.8. The third-order valence-corrected chi connectivity index (χ3v) is 5.12. The summed E-state index contributed by atoms with van der Waals surface area (Å²) in [6, 6.07) is 4.44. The second-order valence-corrected chi connectivity index (χ2v) is 7.33. The van der Waals surface area contributed by atoms with Gasteiger partial charge in [0.2, 0.25) is 0 Å². The minimum absolute atomic E-state index is 0.223. The lowest BCUT2D eigenvalue weighted by atomic mass is 9.68. The third kappa shape index (κ3) is 3.77. The van der Waals surface area contributed by atoms with Crippen molar-refractivity contribution in [1.82, 2.24) is 0 Å². The fraction of sp³-hybridized carbons (Fsp3) is 0.647. The molecule has 1 fully saturated rings. The molecule has 1 N–H and O–H groups in total. The molecule has 1 aliphatic carbocycles. The summed E-state index contributed by atoms with van der Waals surface area (Å²) in [5, 5.41) is 11.1. The Bertz CT molecular complexity index is 492. The van der Waals surface area contributed by atoms with Gasteiger partial charge in [0.15, 0.2) is 0 Å². The van der Waals surface area contributed by atoms with Gasteiger partial charge < -0.3 is 9.84 Å². The summed E-state index contributed by atoms with van der Waals surface area (Å²) < 4.78 is 19.5. The first-order valence-electron chi connectivity index (χ1n) is 7.45. The highest BCUT2D eigenvalue weighted by atomic mass is 35.5. The van der Waals surface area contributed by atoms with Gasteiger partial charge in [0, 0.05) is 18.6 Å². The van der Waals surface area contributed by atoms with Crippen molar-refractivity contribution in [3.8, 4) is 0 Å². The molecule has 0 radical (unpaired) electrons. The molecule has 0 bridgehead atoms. The maximum atomic E-state index is 13.8. The number of rotatable bonds is 4. The van der Waals surface area contributed by atoms with E-state index in [1.54, 1.807) is 13.2 Å². The van der Waals surface area contributed by atoms with Crippen LogP contribution in [0.5, 0.6) is 0 Å². The predicted molar refractivity (Wildman–Crippen MR) is 83.1 cm³/mol. The molecule has 0 saturated heterocycles. The highest BCUT2D eigenvalue weighted by Gasteiger charge is 2.43. The van der Waals surface area contributed by atoms with Crippen LogP contribution in [0, 0.1) is 11.2 Å². The van der Waals surface area contributed by atoms with Gasteiger partial charge in [-0.15, -0.1) is 0 Å². The SMILES string of the molecule is COC1(C(O)Cc2cc(Cl)ccc2F)CCC(C)(C)CC1. The van der Waals surface area contributed by atoms with Gasteiger partial charge >= 0.3 is 0 Å². The Kier molecular flexibility index (Phi) is 4.96. The average Bonchev–Trinajstić information content (AvgIpc) is 2.43. The van der Waals surface area contributed by atoms with E-state index in [2.05, 4.69) is 13.8 Å². The molecule has 118 valence electrons. The molecule has 1 saturated carbocycles. The highest BCUT2D eigenvalue weighted by molar-refractivity contribution is 6.30. The summed E-state index contributed by atoms with van der Waals surface area (Å²) in [6.07, 6.45) is 3.07. The molecule has 0 amide bonds. The van der Waals surface area contributed by atoms with E-state index in [4.69, 9.17) is 16.3 Å². The number of hydrogen-bond donors (Lipinski definition) is 1. The lowest BCUT2D eigenvalue weighted by Crippen LogP contribution is -2.49. The van der Waals surface area contributed by atoms with Crippen molar-refractivity contribution in [3.63, 3.8) is 0 Å². The van der Waals surface area contributed by atoms with Crippen LogP contribution in [-0.2, 0) is 11.2 Å². The van der Waals surface area contributed by atoms with Gasteiger partial charge in [-0.3, -0.25) is 0 Å². The van der Waals surface area contributed by atoms with Crippen LogP contribution in [0.15, 0.2) is 18.2 Å². The first-order chi connectivity index (χ1) is 9.78. The molecule has 1 aromatic carbocycles. The standard InChI is InChI=1S/C17H24ClFO2/c1-16(2)6-8-17(21-3,9-7-16)15(20)11-12-10-13(18)4-5-14(12)19/h4-5,10,15,20H,6-9,11H2,1-3H3. The van der Waals surface area contributed by atoms with E-state index in [1.165, 1.54) is 12.1 Å². The number of benzene rings is 1. The Labute approximate surface area is 131 Å². The van der Waals surface area contributed by atoms with E-state index >= 15 is 0 Å². The van der Waals surface area contributed by atoms with E-state index in [0.717, 1.165) is 25.7 Å². The second kappa shape index (κ2) is 6.23. The molecular weight excluding hydrogens is 291 g/mol. The minimum Gasteiger partial charge on any atom is -0.390 e. The fourth-order valence-electron chi connectivity index (χ4n) is 3.12. The van der Waals surface area contributed by atoms with E-state index in [-0.39, 0.29) is 17.7 Å². The van der Waals surface area contributed by atoms with Crippen LogP contribution in [-0.4, -0.2) is 23.9 Å². The number of halogens is 2. The molecule has 0 spiro atoms. The van der Waals surface area contributed by atoms with E-state index in [1.807, 2.05) is 0 Å². The quantitative estimate of drug-likeness (QED) is 0.894.